The van der Waals surface area contributed by atoms with Crippen molar-refractivity contribution in [1.82, 2.24) is 14.7 Å². The molecule has 3 saturated carbocycles. The van der Waals surface area contributed by atoms with Crippen molar-refractivity contribution in [2.45, 2.75) is 43.9 Å². The quantitative estimate of drug-likeness (QED) is 0.835. The van der Waals surface area contributed by atoms with Gasteiger partial charge in [0.25, 0.3) is 0 Å². The summed E-state index contributed by atoms with van der Waals surface area (Å²) < 4.78 is 7.61. The van der Waals surface area contributed by atoms with Crippen molar-refractivity contribution in [2.24, 2.45) is 24.3 Å². The summed E-state index contributed by atoms with van der Waals surface area (Å²) >= 11 is 0. The first kappa shape index (κ1) is 14.9. The average Bonchev–Trinajstić information content (AvgIpc) is 3.31. The molecule has 1 aromatic heterocycles. The van der Waals surface area contributed by atoms with Crippen LogP contribution in [0.1, 0.15) is 44.2 Å². The molecule has 5 nitrogen and oxygen atoms in total. The lowest BCUT2D eigenvalue weighted by Gasteiger charge is -2.49. The number of rotatable bonds is 2. The van der Waals surface area contributed by atoms with E-state index in [9.17, 15) is 4.79 Å². The Morgan fingerprint density at radius 3 is 2.75 bits per heavy atom. The van der Waals surface area contributed by atoms with Crippen molar-refractivity contribution >= 4 is 5.91 Å². The summed E-state index contributed by atoms with van der Waals surface area (Å²) in [7, 11) is 2.02. The standard InChI is InChI=1S/C19H27N3O2/c1-21-15(3-8-20-21)19-4-2-14(12-19)16(19)17(23)22-9-5-18(6-10-22)7-11-24-13-18/h3,8,14,16H,2,4-7,9-13H2,1H3. The number of piperidine rings is 1. The molecule has 3 atom stereocenters. The van der Waals surface area contributed by atoms with Crippen LogP contribution in [0, 0.1) is 17.3 Å². The lowest BCUT2D eigenvalue weighted by molar-refractivity contribution is -0.146. The number of likely N-dealkylation sites (tertiary alicyclic amines) is 1. The number of aryl methyl sites for hydroxylation is 1. The highest BCUT2D eigenvalue weighted by molar-refractivity contribution is 5.83. The van der Waals surface area contributed by atoms with E-state index >= 15 is 0 Å². The van der Waals surface area contributed by atoms with Crippen molar-refractivity contribution in [3.05, 3.63) is 18.0 Å². The topological polar surface area (TPSA) is 47.4 Å². The largest absolute Gasteiger partial charge is 0.381 e. The maximum atomic E-state index is 13.3. The molecule has 1 spiro atoms. The minimum Gasteiger partial charge on any atom is -0.381 e. The maximum absolute atomic E-state index is 13.3. The summed E-state index contributed by atoms with van der Waals surface area (Å²) in [5.41, 5.74) is 1.71. The molecular formula is C19H27N3O2. The third kappa shape index (κ3) is 1.91. The van der Waals surface area contributed by atoms with Gasteiger partial charge in [0.05, 0.1) is 12.5 Å². The Balaban J connectivity index is 1.34. The molecule has 5 fully saturated rings. The van der Waals surface area contributed by atoms with Crippen molar-refractivity contribution in [3.63, 3.8) is 0 Å². The van der Waals surface area contributed by atoms with Crippen molar-refractivity contribution in [2.75, 3.05) is 26.3 Å². The van der Waals surface area contributed by atoms with Gasteiger partial charge in [-0.15, -0.1) is 0 Å². The van der Waals surface area contributed by atoms with Gasteiger partial charge in [-0.3, -0.25) is 9.48 Å². The van der Waals surface area contributed by atoms with Crippen LogP contribution in [0.3, 0.4) is 0 Å². The van der Waals surface area contributed by atoms with Crippen LogP contribution in [0.25, 0.3) is 0 Å². The number of carbonyl (C=O) groups is 1. The van der Waals surface area contributed by atoms with Crippen LogP contribution in [0.15, 0.2) is 12.3 Å². The zero-order chi connectivity index (χ0) is 16.4. The van der Waals surface area contributed by atoms with Crippen LogP contribution in [0.5, 0.6) is 0 Å². The summed E-state index contributed by atoms with van der Waals surface area (Å²) in [4.78, 5) is 15.5. The van der Waals surface area contributed by atoms with E-state index in [1.807, 2.05) is 17.9 Å². The molecule has 3 heterocycles. The van der Waals surface area contributed by atoms with Crippen molar-refractivity contribution in [3.8, 4) is 0 Å². The Bertz CT molecular complexity index is 649. The summed E-state index contributed by atoms with van der Waals surface area (Å²) in [6, 6.07) is 2.13. The molecule has 1 aromatic rings. The van der Waals surface area contributed by atoms with Crippen LogP contribution in [0.4, 0.5) is 0 Å². The van der Waals surface area contributed by atoms with E-state index in [4.69, 9.17) is 4.74 Å². The van der Waals surface area contributed by atoms with Gasteiger partial charge in [-0.2, -0.15) is 5.10 Å². The first-order valence-corrected chi connectivity index (χ1v) is 9.49. The second-order valence-corrected chi connectivity index (χ2v) is 8.60. The Kier molecular flexibility index (Phi) is 3.16. The smallest absolute Gasteiger partial charge is 0.226 e. The number of hydrogen-bond donors (Lipinski definition) is 0. The lowest BCUT2D eigenvalue weighted by Crippen LogP contribution is -2.56. The van der Waals surface area contributed by atoms with Crippen LogP contribution in [-0.4, -0.2) is 46.9 Å². The van der Waals surface area contributed by atoms with Crippen LogP contribution in [0.2, 0.25) is 0 Å². The van der Waals surface area contributed by atoms with Gasteiger partial charge >= 0.3 is 0 Å². The van der Waals surface area contributed by atoms with Gasteiger partial charge in [0, 0.05) is 44.0 Å². The number of nitrogens with zero attached hydrogens (tertiary/aromatic N) is 3. The second-order valence-electron chi connectivity index (χ2n) is 8.60. The zero-order valence-corrected chi connectivity index (χ0v) is 14.5. The normalized spacial score (nSPS) is 37.0. The first-order chi connectivity index (χ1) is 11.6. The van der Waals surface area contributed by atoms with Crippen molar-refractivity contribution < 1.29 is 9.53 Å². The molecule has 0 aromatic carbocycles. The van der Waals surface area contributed by atoms with Gasteiger partial charge in [0.15, 0.2) is 0 Å². The number of amides is 1. The molecule has 0 N–H and O–H groups in total. The monoisotopic (exact) mass is 329 g/mol. The fourth-order valence-electron chi connectivity index (χ4n) is 6.11. The van der Waals surface area contributed by atoms with Gasteiger partial charge in [-0.1, -0.05) is 0 Å². The zero-order valence-electron chi connectivity index (χ0n) is 14.5. The number of hydrogen-bond acceptors (Lipinski definition) is 3. The molecule has 130 valence electrons. The fraction of sp³-hybridized carbons (Fsp3) is 0.789. The van der Waals surface area contributed by atoms with Crippen LogP contribution >= 0.6 is 0 Å². The van der Waals surface area contributed by atoms with E-state index in [-0.39, 0.29) is 11.3 Å². The highest BCUT2D eigenvalue weighted by Crippen LogP contribution is 2.64. The number of aromatic nitrogens is 2. The third-order valence-electron chi connectivity index (χ3n) is 7.57. The van der Waals surface area contributed by atoms with E-state index in [2.05, 4.69) is 16.1 Å². The molecule has 3 unspecified atom stereocenters. The minimum absolute atomic E-state index is 0.0681. The number of carbonyl (C=O) groups excluding carboxylic acids is 1. The molecule has 0 radical (unpaired) electrons. The first-order valence-electron chi connectivity index (χ1n) is 9.49. The predicted molar refractivity (Wildman–Crippen MR) is 89.4 cm³/mol. The minimum atomic E-state index is 0.0681. The van der Waals surface area contributed by atoms with Gasteiger partial charge in [-0.05, 0) is 55.9 Å². The molecule has 2 aliphatic heterocycles. The predicted octanol–water partition coefficient (Wildman–Crippen LogP) is 2.12. The second kappa shape index (κ2) is 5.07. The van der Waals surface area contributed by atoms with Crippen LogP contribution in [-0.2, 0) is 22.0 Å². The van der Waals surface area contributed by atoms with E-state index in [0.29, 0.717) is 17.2 Å². The summed E-state index contributed by atoms with van der Waals surface area (Å²) in [5.74, 6) is 1.21. The van der Waals surface area contributed by atoms with E-state index < -0.39 is 0 Å². The third-order valence-corrected chi connectivity index (χ3v) is 7.57. The summed E-state index contributed by atoms with van der Waals surface area (Å²) in [5, 5.41) is 4.36. The van der Waals surface area contributed by atoms with Gasteiger partial charge in [0.2, 0.25) is 5.91 Å². The van der Waals surface area contributed by atoms with E-state index in [0.717, 1.165) is 45.6 Å². The number of fused-ring (bicyclic) bond motifs is 1. The molecule has 24 heavy (non-hydrogen) atoms. The average molecular weight is 329 g/mol. The van der Waals surface area contributed by atoms with Gasteiger partial charge < -0.3 is 9.64 Å². The molecule has 3 aliphatic carbocycles. The van der Waals surface area contributed by atoms with Gasteiger partial charge in [-0.25, -0.2) is 0 Å². The fourth-order valence-corrected chi connectivity index (χ4v) is 6.11. The molecule has 5 heteroatoms. The maximum Gasteiger partial charge on any atom is 0.226 e. The van der Waals surface area contributed by atoms with Crippen molar-refractivity contribution in [1.29, 1.82) is 0 Å². The van der Waals surface area contributed by atoms with Crippen LogP contribution < -0.4 is 0 Å². The molecular weight excluding hydrogens is 302 g/mol. The summed E-state index contributed by atoms with van der Waals surface area (Å²) in [6.07, 6.45) is 8.83. The van der Waals surface area contributed by atoms with Gasteiger partial charge in [0.1, 0.15) is 0 Å². The molecule has 2 bridgehead atoms. The van der Waals surface area contributed by atoms with E-state index in [1.165, 1.54) is 25.0 Å². The molecule has 6 rings (SSSR count). The lowest BCUT2D eigenvalue weighted by atomic mass is 9.58. The Morgan fingerprint density at radius 2 is 2.12 bits per heavy atom. The Morgan fingerprint density at radius 1 is 1.29 bits per heavy atom. The SMILES string of the molecule is Cn1nccc1C12CCC(C1)C2C(=O)N1CCC2(CCOC2)CC1. The Labute approximate surface area is 143 Å². The molecule has 5 aliphatic rings. The molecule has 2 saturated heterocycles. The highest BCUT2D eigenvalue weighted by Gasteiger charge is 2.64. The molecule has 1 amide bonds. The summed E-state index contributed by atoms with van der Waals surface area (Å²) in [6.45, 7) is 3.65. The van der Waals surface area contributed by atoms with E-state index in [1.54, 1.807) is 0 Å². The Hall–Kier alpha value is -1.36. The highest BCUT2D eigenvalue weighted by atomic mass is 16.5. The number of ether oxygens (including phenoxy) is 1.